The zero-order valence-electron chi connectivity index (χ0n) is 14.7. The van der Waals surface area contributed by atoms with E-state index in [1.165, 1.54) is 11.8 Å². The fraction of sp³-hybridized carbons (Fsp3) is 0.350. The lowest BCUT2D eigenvalue weighted by Gasteiger charge is -2.13. The van der Waals surface area contributed by atoms with E-state index in [2.05, 4.69) is 5.32 Å². The lowest BCUT2D eigenvalue weighted by atomic mass is 10.1. The summed E-state index contributed by atoms with van der Waals surface area (Å²) in [5.41, 5.74) is 3.06. The van der Waals surface area contributed by atoms with Crippen LogP contribution in [0.1, 0.15) is 22.8 Å². The molecule has 0 saturated carbocycles. The number of carbonyl (C=O) groups excluding carboxylic acids is 1. The number of thioether (sulfide) groups is 1. The van der Waals surface area contributed by atoms with Gasteiger partial charge in [-0.15, -0.1) is 11.8 Å². The third-order valence-corrected chi connectivity index (χ3v) is 4.79. The molecule has 0 heterocycles. The molecule has 0 saturated heterocycles. The largest absolute Gasteiger partial charge is 0.491 e. The molecule has 0 aromatic heterocycles. The molecule has 1 atom stereocenters. The van der Waals surface area contributed by atoms with Crippen molar-refractivity contribution in [2.75, 3.05) is 24.7 Å². The van der Waals surface area contributed by atoms with Crippen molar-refractivity contribution in [2.45, 2.75) is 20.0 Å². The Bertz CT molecular complexity index is 656. The van der Waals surface area contributed by atoms with E-state index in [1.54, 1.807) is 0 Å². The van der Waals surface area contributed by atoms with Crippen molar-refractivity contribution in [3.63, 3.8) is 0 Å². The number of carbonyl (C=O) groups is 1. The molecule has 2 N–H and O–H groups in total. The van der Waals surface area contributed by atoms with Gasteiger partial charge in [-0.2, -0.15) is 0 Å². The molecule has 0 spiro atoms. The minimum absolute atomic E-state index is 0.0460. The Hall–Kier alpha value is -1.98. The van der Waals surface area contributed by atoms with Gasteiger partial charge in [0.2, 0.25) is 5.91 Å². The first kappa shape index (κ1) is 19.3. The smallest absolute Gasteiger partial charge is 0.230 e. The Morgan fingerprint density at radius 2 is 1.80 bits per heavy atom. The molecule has 134 valence electrons. The highest BCUT2D eigenvalue weighted by molar-refractivity contribution is 7.99. The second-order valence-corrected chi connectivity index (χ2v) is 6.89. The summed E-state index contributed by atoms with van der Waals surface area (Å²) in [6, 6.07) is 15.5. The maximum absolute atomic E-state index is 11.8. The second kappa shape index (κ2) is 10.1. The molecule has 0 aliphatic rings. The molecule has 0 bridgehead atoms. The zero-order valence-corrected chi connectivity index (χ0v) is 15.5. The highest BCUT2D eigenvalue weighted by atomic mass is 32.2. The molecular weight excluding hydrogens is 334 g/mol. The Kier molecular flexibility index (Phi) is 7.82. The molecule has 1 amide bonds. The number of ether oxygens (including phenoxy) is 1. The summed E-state index contributed by atoms with van der Waals surface area (Å²) in [5, 5.41) is 12.9. The Morgan fingerprint density at radius 3 is 2.48 bits per heavy atom. The van der Waals surface area contributed by atoms with Crippen LogP contribution in [0.4, 0.5) is 0 Å². The first-order valence-electron chi connectivity index (χ1n) is 8.34. The lowest BCUT2D eigenvalue weighted by molar-refractivity contribution is -0.118. The highest BCUT2D eigenvalue weighted by Crippen LogP contribution is 2.22. The van der Waals surface area contributed by atoms with Crippen molar-refractivity contribution < 1.29 is 14.6 Å². The predicted octanol–water partition coefficient (Wildman–Crippen LogP) is 3.27. The number of amides is 1. The Balaban J connectivity index is 1.61. The van der Waals surface area contributed by atoms with E-state index >= 15 is 0 Å². The fourth-order valence-corrected chi connectivity index (χ4v) is 3.28. The molecule has 1 unspecified atom stereocenters. The molecule has 4 nitrogen and oxygen atoms in total. The lowest BCUT2D eigenvalue weighted by Crippen LogP contribution is -2.29. The average Bonchev–Trinajstić information content (AvgIpc) is 2.61. The van der Waals surface area contributed by atoms with Crippen LogP contribution in [0.2, 0.25) is 0 Å². The number of para-hydroxylation sites is 1. The number of hydrogen-bond acceptors (Lipinski definition) is 4. The molecule has 2 aromatic rings. The Labute approximate surface area is 153 Å². The topological polar surface area (TPSA) is 58.6 Å². The van der Waals surface area contributed by atoms with Gasteiger partial charge >= 0.3 is 0 Å². The molecule has 0 aliphatic heterocycles. The minimum Gasteiger partial charge on any atom is -0.491 e. The SMILES string of the molecule is Cc1cccc(C)c1OCCNC(=O)CSCC(O)c1ccccc1. The van der Waals surface area contributed by atoms with E-state index in [4.69, 9.17) is 4.74 Å². The Morgan fingerprint density at radius 1 is 1.12 bits per heavy atom. The van der Waals surface area contributed by atoms with E-state index < -0.39 is 6.10 Å². The quantitative estimate of drug-likeness (QED) is 0.675. The molecule has 5 heteroatoms. The van der Waals surface area contributed by atoms with Crippen LogP contribution in [0.15, 0.2) is 48.5 Å². The summed E-state index contributed by atoms with van der Waals surface area (Å²) in [7, 11) is 0. The molecular formula is C20H25NO3S. The third kappa shape index (κ3) is 6.44. The van der Waals surface area contributed by atoms with Crippen LogP contribution in [0.25, 0.3) is 0 Å². The second-order valence-electron chi connectivity index (χ2n) is 5.86. The van der Waals surface area contributed by atoms with E-state index in [-0.39, 0.29) is 5.91 Å². The first-order valence-corrected chi connectivity index (χ1v) is 9.50. The molecule has 0 radical (unpaired) electrons. The van der Waals surface area contributed by atoms with Gasteiger partial charge < -0.3 is 15.2 Å². The van der Waals surface area contributed by atoms with Gasteiger partial charge in [0.15, 0.2) is 0 Å². The molecule has 2 rings (SSSR count). The summed E-state index contributed by atoms with van der Waals surface area (Å²) in [4.78, 5) is 11.8. The molecule has 0 aliphatic carbocycles. The zero-order chi connectivity index (χ0) is 18.1. The number of benzene rings is 2. The highest BCUT2D eigenvalue weighted by Gasteiger charge is 2.09. The van der Waals surface area contributed by atoms with Crippen molar-refractivity contribution in [1.29, 1.82) is 0 Å². The summed E-state index contributed by atoms with van der Waals surface area (Å²) < 4.78 is 5.76. The average molecular weight is 359 g/mol. The summed E-state index contributed by atoms with van der Waals surface area (Å²) >= 11 is 1.42. The van der Waals surface area contributed by atoms with Crippen molar-refractivity contribution >= 4 is 17.7 Å². The summed E-state index contributed by atoms with van der Waals surface area (Å²) in [5.74, 6) is 1.66. The number of aliphatic hydroxyl groups is 1. The van der Waals surface area contributed by atoms with Gasteiger partial charge in [0.05, 0.1) is 18.4 Å². The van der Waals surface area contributed by atoms with Crippen LogP contribution in [0.5, 0.6) is 5.75 Å². The van der Waals surface area contributed by atoms with Crippen molar-refractivity contribution in [3.8, 4) is 5.75 Å². The van der Waals surface area contributed by atoms with Crippen LogP contribution in [0, 0.1) is 13.8 Å². The number of hydrogen-bond donors (Lipinski definition) is 2. The van der Waals surface area contributed by atoms with Crippen LogP contribution < -0.4 is 10.1 Å². The van der Waals surface area contributed by atoms with E-state index in [9.17, 15) is 9.90 Å². The standard InChI is InChI=1S/C20H25NO3S/c1-15-7-6-8-16(2)20(15)24-12-11-21-19(23)14-25-13-18(22)17-9-4-3-5-10-17/h3-10,18,22H,11-14H2,1-2H3,(H,21,23). The van der Waals surface area contributed by atoms with Gasteiger partial charge in [0.1, 0.15) is 12.4 Å². The van der Waals surface area contributed by atoms with Gasteiger partial charge in [-0.25, -0.2) is 0 Å². The minimum atomic E-state index is -0.550. The van der Waals surface area contributed by atoms with E-state index in [1.807, 2.05) is 62.4 Å². The number of nitrogens with one attached hydrogen (secondary N) is 1. The number of rotatable bonds is 9. The molecule has 25 heavy (non-hydrogen) atoms. The normalized spacial score (nSPS) is 11.8. The van der Waals surface area contributed by atoms with Crippen molar-refractivity contribution in [1.82, 2.24) is 5.32 Å². The van der Waals surface area contributed by atoms with Gasteiger partial charge in [-0.1, -0.05) is 48.5 Å². The predicted molar refractivity (Wildman–Crippen MR) is 103 cm³/mol. The van der Waals surface area contributed by atoms with Crippen LogP contribution in [0.3, 0.4) is 0 Å². The number of aliphatic hydroxyl groups excluding tert-OH is 1. The van der Waals surface area contributed by atoms with Crippen LogP contribution in [-0.4, -0.2) is 35.7 Å². The monoisotopic (exact) mass is 359 g/mol. The third-order valence-electron chi connectivity index (χ3n) is 3.77. The van der Waals surface area contributed by atoms with Crippen molar-refractivity contribution in [3.05, 3.63) is 65.2 Å². The van der Waals surface area contributed by atoms with Gasteiger partial charge in [-0.3, -0.25) is 4.79 Å². The van der Waals surface area contributed by atoms with Crippen molar-refractivity contribution in [2.24, 2.45) is 0 Å². The van der Waals surface area contributed by atoms with Gasteiger partial charge in [0.25, 0.3) is 0 Å². The maximum Gasteiger partial charge on any atom is 0.230 e. The first-order chi connectivity index (χ1) is 12.1. The van der Waals surface area contributed by atoms with Gasteiger partial charge in [-0.05, 0) is 30.5 Å². The maximum atomic E-state index is 11.8. The summed E-state index contributed by atoms with van der Waals surface area (Å²) in [6.07, 6.45) is -0.550. The van der Waals surface area contributed by atoms with Crippen LogP contribution in [-0.2, 0) is 4.79 Å². The summed E-state index contributed by atoms with van der Waals surface area (Å²) in [6.45, 7) is 4.92. The number of aryl methyl sites for hydroxylation is 2. The molecule has 0 fully saturated rings. The molecule has 2 aromatic carbocycles. The van der Waals surface area contributed by atoms with Gasteiger partial charge in [0, 0.05) is 5.75 Å². The fourth-order valence-electron chi connectivity index (χ4n) is 2.46. The van der Waals surface area contributed by atoms with E-state index in [0.717, 1.165) is 22.4 Å². The van der Waals surface area contributed by atoms with E-state index in [0.29, 0.717) is 24.7 Å². The van der Waals surface area contributed by atoms with Crippen LogP contribution >= 0.6 is 11.8 Å².